The van der Waals surface area contributed by atoms with Crippen molar-refractivity contribution in [1.29, 1.82) is 5.26 Å². The van der Waals surface area contributed by atoms with Gasteiger partial charge in [0.25, 0.3) is 0 Å². The average Bonchev–Trinajstić information content (AvgIpc) is 2.75. The van der Waals surface area contributed by atoms with E-state index in [0.717, 1.165) is 12.0 Å². The molecule has 0 saturated carbocycles. The number of pyridine rings is 1. The number of nitriles is 1. The maximum atomic E-state index is 12.3. The largest absolute Gasteiger partial charge is 0.443 e. The zero-order valence-corrected chi connectivity index (χ0v) is 12.1. The van der Waals surface area contributed by atoms with Gasteiger partial charge in [0, 0.05) is 12.4 Å². The summed E-state index contributed by atoms with van der Waals surface area (Å²) in [5.74, 6) is 0. The summed E-state index contributed by atoms with van der Waals surface area (Å²) in [5.41, 5.74) is 1.94. The number of nitrogens with zero attached hydrogens (tertiary/aromatic N) is 3. The first-order valence-electron chi connectivity index (χ1n) is 6.49. The van der Waals surface area contributed by atoms with Crippen LogP contribution in [-0.2, 0) is 11.2 Å². The van der Waals surface area contributed by atoms with Crippen LogP contribution in [0.3, 0.4) is 0 Å². The van der Waals surface area contributed by atoms with Gasteiger partial charge in [-0.25, -0.2) is 9.36 Å². The lowest BCUT2D eigenvalue weighted by Crippen LogP contribution is -2.26. The molecule has 0 bridgehead atoms. The minimum atomic E-state index is -0.588. The maximum absolute atomic E-state index is 12.3. The van der Waals surface area contributed by atoms with Crippen LogP contribution in [0.1, 0.15) is 38.8 Å². The van der Waals surface area contributed by atoms with E-state index in [9.17, 15) is 10.1 Å². The van der Waals surface area contributed by atoms with E-state index in [1.54, 1.807) is 39.2 Å². The third-order valence-corrected chi connectivity index (χ3v) is 2.85. The van der Waals surface area contributed by atoms with Gasteiger partial charge in [0.05, 0.1) is 16.6 Å². The zero-order chi connectivity index (χ0) is 14.9. The van der Waals surface area contributed by atoms with Crippen LogP contribution in [0.5, 0.6) is 0 Å². The molecule has 0 N–H and O–H groups in total. The van der Waals surface area contributed by atoms with E-state index in [-0.39, 0.29) is 0 Å². The number of aromatic nitrogens is 2. The van der Waals surface area contributed by atoms with Gasteiger partial charge in [-0.1, -0.05) is 6.92 Å². The van der Waals surface area contributed by atoms with Crippen LogP contribution in [0.15, 0.2) is 18.5 Å². The highest BCUT2D eigenvalue weighted by Crippen LogP contribution is 2.24. The Labute approximate surface area is 117 Å². The summed E-state index contributed by atoms with van der Waals surface area (Å²) >= 11 is 0. The average molecular weight is 271 g/mol. The molecule has 2 aromatic rings. The number of hydrogen-bond acceptors (Lipinski definition) is 4. The molecule has 2 rings (SSSR count). The Morgan fingerprint density at radius 2 is 2.20 bits per heavy atom. The number of aryl methyl sites for hydroxylation is 1. The fraction of sp³-hybridized carbons (Fsp3) is 0.400. The second-order valence-corrected chi connectivity index (χ2v) is 5.53. The molecule has 0 aliphatic heterocycles. The van der Waals surface area contributed by atoms with Crippen molar-refractivity contribution in [2.45, 2.75) is 39.7 Å². The first kappa shape index (κ1) is 14.1. The molecule has 0 aliphatic rings. The zero-order valence-electron chi connectivity index (χ0n) is 12.1. The van der Waals surface area contributed by atoms with Crippen LogP contribution >= 0.6 is 0 Å². The van der Waals surface area contributed by atoms with E-state index in [1.807, 2.05) is 6.92 Å². The van der Waals surface area contributed by atoms with Crippen molar-refractivity contribution in [2.75, 3.05) is 0 Å². The predicted molar refractivity (Wildman–Crippen MR) is 75.5 cm³/mol. The Morgan fingerprint density at radius 1 is 1.50 bits per heavy atom. The summed E-state index contributed by atoms with van der Waals surface area (Å²) < 4.78 is 6.76. The smallest absolute Gasteiger partial charge is 0.419 e. The number of ether oxygens (including phenoxy) is 1. The summed E-state index contributed by atoms with van der Waals surface area (Å²) in [6.07, 6.45) is 3.52. The highest BCUT2D eigenvalue weighted by Gasteiger charge is 2.22. The van der Waals surface area contributed by atoms with Crippen molar-refractivity contribution in [2.24, 2.45) is 0 Å². The van der Waals surface area contributed by atoms with Crippen LogP contribution < -0.4 is 0 Å². The van der Waals surface area contributed by atoms with Gasteiger partial charge < -0.3 is 4.74 Å². The van der Waals surface area contributed by atoms with Gasteiger partial charge in [-0.2, -0.15) is 5.26 Å². The minimum absolute atomic E-state index is 0.417. The topological polar surface area (TPSA) is 67.9 Å². The normalized spacial score (nSPS) is 11.3. The molecule has 2 heterocycles. The molecular weight excluding hydrogens is 254 g/mol. The fourth-order valence-electron chi connectivity index (χ4n) is 2.02. The second kappa shape index (κ2) is 4.97. The Balaban J connectivity index is 2.65. The molecule has 0 unspecified atom stereocenters. The molecule has 0 radical (unpaired) electrons. The molecule has 20 heavy (non-hydrogen) atoms. The van der Waals surface area contributed by atoms with E-state index in [2.05, 4.69) is 11.1 Å². The SMILES string of the molecule is CCc1cn(C(=O)OC(C)(C)C)c2c(C#N)ccnc12. The molecule has 0 aliphatic carbocycles. The van der Waals surface area contributed by atoms with Gasteiger partial charge in [0.15, 0.2) is 0 Å². The molecule has 2 aromatic heterocycles. The van der Waals surface area contributed by atoms with Gasteiger partial charge >= 0.3 is 6.09 Å². The van der Waals surface area contributed by atoms with Crippen molar-refractivity contribution >= 4 is 17.1 Å². The molecular formula is C15H17N3O2. The highest BCUT2D eigenvalue weighted by molar-refractivity contribution is 5.93. The lowest BCUT2D eigenvalue weighted by atomic mass is 10.2. The summed E-state index contributed by atoms with van der Waals surface area (Å²) in [7, 11) is 0. The van der Waals surface area contributed by atoms with E-state index < -0.39 is 11.7 Å². The summed E-state index contributed by atoms with van der Waals surface area (Å²) in [5, 5.41) is 9.21. The molecule has 5 nitrogen and oxygen atoms in total. The molecule has 0 saturated heterocycles. The first-order chi connectivity index (χ1) is 9.37. The standard InChI is InChI=1S/C15H17N3O2/c1-5-10-9-18(14(19)20-15(2,3)4)13-11(8-16)6-7-17-12(10)13/h6-7,9H,5H2,1-4H3. The summed E-state index contributed by atoms with van der Waals surface area (Å²) in [6.45, 7) is 7.40. The van der Waals surface area contributed by atoms with Crippen molar-refractivity contribution < 1.29 is 9.53 Å². The van der Waals surface area contributed by atoms with E-state index in [4.69, 9.17) is 4.74 Å². The maximum Gasteiger partial charge on any atom is 0.419 e. The Kier molecular flexibility index (Phi) is 3.49. The third kappa shape index (κ3) is 2.50. The van der Waals surface area contributed by atoms with Crippen molar-refractivity contribution in [3.63, 3.8) is 0 Å². The van der Waals surface area contributed by atoms with Crippen LogP contribution in [0.4, 0.5) is 4.79 Å². The number of fused-ring (bicyclic) bond motifs is 1. The Hall–Kier alpha value is -2.35. The quantitative estimate of drug-likeness (QED) is 0.798. The van der Waals surface area contributed by atoms with Crippen LogP contribution in [0.2, 0.25) is 0 Å². The second-order valence-electron chi connectivity index (χ2n) is 5.53. The van der Waals surface area contributed by atoms with Gasteiger partial charge in [-0.05, 0) is 38.8 Å². The summed E-state index contributed by atoms with van der Waals surface area (Å²) in [6, 6.07) is 3.70. The Bertz CT molecular complexity index is 702. The lowest BCUT2D eigenvalue weighted by molar-refractivity contribution is 0.0544. The highest BCUT2D eigenvalue weighted by atomic mass is 16.6. The first-order valence-corrected chi connectivity index (χ1v) is 6.49. The van der Waals surface area contributed by atoms with Gasteiger partial charge in [0.2, 0.25) is 0 Å². The van der Waals surface area contributed by atoms with Gasteiger partial charge in [-0.3, -0.25) is 4.98 Å². The van der Waals surface area contributed by atoms with Crippen molar-refractivity contribution in [1.82, 2.24) is 9.55 Å². The fourth-order valence-corrected chi connectivity index (χ4v) is 2.02. The monoisotopic (exact) mass is 271 g/mol. The minimum Gasteiger partial charge on any atom is -0.443 e. The van der Waals surface area contributed by atoms with Gasteiger partial charge in [-0.15, -0.1) is 0 Å². The van der Waals surface area contributed by atoms with Gasteiger partial charge in [0.1, 0.15) is 11.7 Å². The molecule has 0 atom stereocenters. The number of carbonyl (C=O) groups is 1. The predicted octanol–water partition coefficient (Wildman–Crippen LogP) is 3.25. The molecule has 0 spiro atoms. The van der Waals surface area contributed by atoms with Crippen molar-refractivity contribution in [3.05, 3.63) is 29.6 Å². The number of rotatable bonds is 1. The lowest BCUT2D eigenvalue weighted by Gasteiger charge is -2.19. The van der Waals surface area contributed by atoms with E-state index >= 15 is 0 Å². The number of hydrogen-bond donors (Lipinski definition) is 0. The Morgan fingerprint density at radius 3 is 2.75 bits per heavy atom. The van der Waals surface area contributed by atoms with Crippen LogP contribution in [0, 0.1) is 11.3 Å². The van der Waals surface area contributed by atoms with Crippen LogP contribution in [-0.4, -0.2) is 21.2 Å². The third-order valence-electron chi connectivity index (χ3n) is 2.85. The molecule has 0 aromatic carbocycles. The van der Waals surface area contributed by atoms with E-state index in [0.29, 0.717) is 16.6 Å². The molecule has 5 heteroatoms. The van der Waals surface area contributed by atoms with E-state index in [1.165, 1.54) is 4.57 Å². The summed E-state index contributed by atoms with van der Waals surface area (Å²) in [4.78, 5) is 16.6. The molecule has 0 fully saturated rings. The number of carbonyl (C=O) groups excluding carboxylic acids is 1. The van der Waals surface area contributed by atoms with Crippen LogP contribution in [0.25, 0.3) is 11.0 Å². The molecule has 0 amide bonds. The van der Waals surface area contributed by atoms with Crippen molar-refractivity contribution in [3.8, 4) is 6.07 Å². The molecule has 104 valence electrons.